The van der Waals surface area contributed by atoms with Crippen LogP contribution in [0.4, 0.5) is 16.6 Å². The first-order chi connectivity index (χ1) is 23.9. The normalized spacial score (nSPS) is 20.8. The van der Waals surface area contributed by atoms with Crippen molar-refractivity contribution in [2.75, 3.05) is 30.9 Å². The molecule has 0 spiro atoms. The Labute approximate surface area is 295 Å². The second-order valence-electron chi connectivity index (χ2n) is 15.1. The molecule has 2 aliphatic rings. The van der Waals surface area contributed by atoms with Crippen LogP contribution >= 0.6 is 0 Å². The summed E-state index contributed by atoms with van der Waals surface area (Å²) in [6.45, 7) is 11.4. The van der Waals surface area contributed by atoms with E-state index >= 15 is 0 Å². The third kappa shape index (κ3) is 7.90. The first-order valence-electron chi connectivity index (χ1n) is 17.9. The zero-order valence-corrected chi connectivity index (χ0v) is 30.4. The molecule has 4 aromatic rings. The minimum Gasteiger partial charge on any atom is -0.484 e. The molecule has 1 aliphatic heterocycles. The Balaban J connectivity index is 1.16. The van der Waals surface area contributed by atoms with E-state index in [1.54, 1.807) is 6.07 Å². The van der Waals surface area contributed by atoms with Gasteiger partial charge in [-0.05, 0) is 96.3 Å². The number of rotatable bonds is 10. The third-order valence-corrected chi connectivity index (χ3v) is 9.80. The van der Waals surface area contributed by atoms with Gasteiger partial charge in [0, 0.05) is 30.0 Å². The Morgan fingerprint density at radius 1 is 0.960 bits per heavy atom. The van der Waals surface area contributed by atoms with E-state index in [0.717, 1.165) is 47.9 Å². The van der Waals surface area contributed by atoms with Crippen LogP contribution in [0.3, 0.4) is 0 Å². The van der Waals surface area contributed by atoms with Gasteiger partial charge in [-0.1, -0.05) is 45.0 Å². The molecule has 266 valence electrons. The molecule has 6 rings (SSSR count). The van der Waals surface area contributed by atoms with E-state index in [2.05, 4.69) is 55.6 Å². The number of nitrogens with one attached hydrogen (secondary N) is 2. The van der Waals surface area contributed by atoms with Crippen molar-refractivity contribution in [1.82, 2.24) is 34.8 Å². The van der Waals surface area contributed by atoms with Gasteiger partial charge >= 0.3 is 6.03 Å². The van der Waals surface area contributed by atoms with Crippen molar-refractivity contribution in [3.05, 3.63) is 71.3 Å². The van der Waals surface area contributed by atoms with Crippen molar-refractivity contribution in [3.8, 4) is 5.75 Å². The molecule has 2 N–H and O–H groups in total. The van der Waals surface area contributed by atoms with Crippen molar-refractivity contribution in [1.29, 1.82) is 0 Å². The summed E-state index contributed by atoms with van der Waals surface area (Å²) in [7, 11) is 3.96. The van der Waals surface area contributed by atoms with Gasteiger partial charge in [0.25, 0.3) is 0 Å². The Morgan fingerprint density at radius 3 is 2.42 bits per heavy atom. The Bertz CT molecular complexity index is 1820. The summed E-state index contributed by atoms with van der Waals surface area (Å²) in [4.78, 5) is 39.9. The lowest BCUT2D eigenvalue weighted by atomic mass is 9.85. The molecule has 4 heterocycles. The number of anilines is 2. The van der Waals surface area contributed by atoms with Gasteiger partial charge in [-0.25, -0.2) is 14.8 Å². The van der Waals surface area contributed by atoms with Crippen molar-refractivity contribution in [2.45, 2.75) is 109 Å². The number of ether oxygens (including phenoxy) is 1. The number of fused-ring (bicyclic) bond motifs is 2. The molecule has 0 unspecified atom stereocenters. The molecular weight excluding hydrogens is 630 g/mol. The number of ketones is 1. The summed E-state index contributed by atoms with van der Waals surface area (Å²) in [6, 6.07) is 13.9. The maximum Gasteiger partial charge on any atom is 0.320 e. The summed E-state index contributed by atoms with van der Waals surface area (Å²) in [5.74, 6) is 1.89. The third-order valence-electron chi connectivity index (χ3n) is 9.80. The molecule has 0 radical (unpaired) electrons. The average Bonchev–Trinajstić information content (AvgIpc) is 3.48. The highest BCUT2D eigenvalue weighted by atomic mass is 16.5. The van der Waals surface area contributed by atoms with E-state index in [4.69, 9.17) is 4.74 Å². The van der Waals surface area contributed by atoms with Gasteiger partial charge in [-0.15, -0.1) is 10.2 Å². The molecule has 1 fully saturated rings. The lowest BCUT2D eigenvalue weighted by molar-refractivity contribution is 0.0966. The van der Waals surface area contributed by atoms with Gasteiger partial charge < -0.3 is 19.9 Å². The zero-order chi connectivity index (χ0) is 35.6. The van der Waals surface area contributed by atoms with Gasteiger partial charge in [0.2, 0.25) is 5.95 Å². The van der Waals surface area contributed by atoms with Crippen molar-refractivity contribution in [2.24, 2.45) is 0 Å². The van der Waals surface area contributed by atoms with Crippen LogP contribution in [0.1, 0.15) is 119 Å². The van der Waals surface area contributed by atoms with Crippen LogP contribution < -0.4 is 20.3 Å². The lowest BCUT2D eigenvalue weighted by Gasteiger charge is -2.39. The van der Waals surface area contributed by atoms with E-state index in [1.807, 2.05) is 80.7 Å². The number of amides is 2. The highest BCUT2D eigenvalue weighted by molar-refractivity contribution is 5.94. The summed E-state index contributed by atoms with van der Waals surface area (Å²) < 4.78 is 8.69. The predicted molar refractivity (Wildman–Crippen MR) is 195 cm³/mol. The highest BCUT2D eigenvalue weighted by Gasteiger charge is 2.31. The summed E-state index contributed by atoms with van der Waals surface area (Å²) in [5, 5.41) is 15.1. The van der Waals surface area contributed by atoms with Crippen LogP contribution in [-0.4, -0.2) is 74.0 Å². The Kier molecular flexibility index (Phi) is 10.4. The molecule has 1 saturated heterocycles. The zero-order valence-electron chi connectivity index (χ0n) is 30.4. The van der Waals surface area contributed by atoms with Crippen molar-refractivity contribution < 1.29 is 14.3 Å². The number of pyridine rings is 1. The molecule has 1 aliphatic carbocycles. The molecule has 12 nitrogen and oxygen atoms in total. The van der Waals surface area contributed by atoms with E-state index in [1.165, 1.54) is 6.42 Å². The molecule has 2 amide bonds. The molecular formula is C38H51N9O3. The van der Waals surface area contributed by atoms with E-state index in [0.29, 0.717) is 49.3 Å². The maximum atomic E-state index is 13.4. The topological polar surface area (TPSA) is 130 Å². The highest BCUT2D eigenvalue weighted by Crippen LogP contribution is 2.39. The summed E-state index contributed by atoms with van der Waals surface area (Å²) >= 11 is 0. The standard InChI is InChI=1S/C38H51N9O3/c1-24-12-10-13-25(2)47(24)37-44-43-34-20-17-26(23-46(34)37)50-31-19-18-29(27-14-8-9-15-28(27)31)39-36(49)42-33-22-32(38(3,4)5)40-35(41-33)30(48)16-11-21-45(6)7/h8-9,14-15,17,20,22-25,29,31H,10-13,16,18-19,21H2,1-7H3,(H2,39,40,41,42,49)/t24-,25+,29-,31+/m0/s1. The first kappa shape index (κ1) is 35.3. The number of aromatic nitrogens is 5. The van der Waals surface area contributed by atoms with Crippen LogP contribution in [0.25, 0.3) is 5.65 Å². The minimum absolute atomic E-state index is 0.131. The largest absolute Gasteiger partial charge is 0.484 e. The van der Waals surface area contributed by atoms with E-state index < -0.39 is 0 Å². The lowest BCUT2D eigenvalue weighted by Crippen LogP contribution is -2.44. The quantitative estimate of drug-likeness (QED) is 0.172. The fourth-order valence-corrected chi connectivity index (χ4v) is 7.11. The molecule has 0 bridgehead atoms. The van der Waals surface area contributed by atoms with Crippen LogP contribution in [0, 0.1) is 0 Å². The van der Waals surface area contributed by atoms with Gasteiger partial charge in [0.1, 0.15) is 17.7 Å². The van der Waals surface area contributed by atoms with E-state index in [9.17, 15) is 9.59 Å². The number of piperidine rings is 1. The monoisotopic (exact) mass is 681 g/mol. The SMILES string of the molecule is C[C@@H]1CCC[C@H](C)N1c1nnc2ccc(O[C@@H]3CC[C@H](NC(=O)Nc4cc(C(C)(C)C)nc(C(=O)CCCN(C)C)n4)c4ccccc43)cn12. The van der Waals surface area contributed by atoms with Crippen LogP contribution in [0.5, 0.6) is 5.75 Å². The predicted octanol–water partition coefficient (Wildman–Crippen LogP) is 6.89. The minimum atomic E-state index is -0.388. The Morgan fingerprint density at radius 2 is 1.70 bits per heavy atom. The number of carbonyl (C=O) groups is 2. The van der Waals surface area contributed by atoms with E-state index in [-0.39, 0.29) is 35.2 Å². The number of benzene rings is 1. The average molecular weight is 682 g/mol. The Hall–Kier alpha value is -4.58. The second-order valence-corrected chi connectivity index (χ2v) is 15.1. The molecule has 0 saturated carbocycles. The molecule has 1 aromatic carbocycles. The number of carbonyl (C=O) groups excluding carboxylic acids is 2. The number of Topliss-reactive ketones (excluding diaryl/α,β-unsaturated/α-hetero) is 1. The van der Waals surface area contributed by atoms with Crippen LogP contribution in [-0.2, 0) is 5.41 Å². The van der Waals surface area contributed by atoms with Crippen LogP contribution in [0.2, 0.25) is 0 Å². The molecule has 50 heavy (non-hydrogen) atoms. The first-order valence-corrected chi connectivity index (χ1v) is 17.9. The number of nitrogens with zero attached hydrogens (tertiary/aromatic N) is 7. The summed E-state index contributed by atoms with van der Waals surface area (Å²) in [6.07, 6.45) is 7.74. The van der Waals surface area contributed by atoms with Gasteiger partial charge in [-0.2, -0.15) is 0 Å². The number of urea groups is 1. The second kappa shape index (κ2) is 14.7. The van der Waals surface area contributed by atoms with Crippen LogP contribution in [0.15, 0.2) is 48.7 Å². The molecule has 3 aromatic heterocycles. The van der Waals surface area contributed by atoms with Crippen molar-refractivity contribution >= 4 is 29.2 Å². The summed E-state index contributed by atoms with van der Waals surface area (Å²) in [5.41, 5.74) is 3.19. The maximum absolute atomic E-state index is 13.4. The fourth-order valence-electron chi connectivity index (χ4n) is 7.11. The number of hydrogen-bond donors (Lipinski definition) is 2. The van der Waals surface area contributed by atoms with Crippen molar-refractivity contribution in [3.63, 3.8) is 0 Å². The molecule has 4 atom stereocenters. The van der Waals surface area contributed by atoms with Gasteiger partial charge in [0.05, 0.1) is 17.9 Å². The smallest absolute Gasteiger partial charge is 0.320 e. The fraction of sp³-hybridized carbons (Fsp3) is 0.526. The van der Waals surface area contributed by atoms with Gasteiger partial charge in [0.15, 0.2) is 17.3 Å². The van der Waals surface area contributed by atoms with Gasteiger partial charge in [-0.3, -0.25) is 14.5 Å². The number of hydrogen-bond acceptors (Lipinski definition) is 9. The molecule has 12 heteroatoms.